The van der Waals surface area contributed by atoms with E-state index in [-0.39, 0.29) is 12.5 Å². The van der Waals surface area contributed by atoms with Gasteiger partial charge in [0.25, 0.3) is 0 Å². The molecule has 1 amide bonds. The first-order valence-electron chi connectivity index (χ1n) is 7.38. The SMILES string of the molecule is CC(=O)Nc1ccc(OCc2c(-c3ccccc3)noc2C)nn1. The van der Waals surface area contributed by atoms with E-state index in [2.05, 4.69) is 20.7 Å². The Hall–Kier alpha value is -3.22. The number of anilines is 1. The van der Waals surface area contributed by atoms with E-state index < -0.39 is 0 Å². The maximum absolute atomic E-state index is 11.0. The summed E-state index contributed by atoms with van der Waals surface area (Å²) < 4.78 is 11.0. The van der Waals surface area contributed by atoms with Crippen LogP contribution in [0.25, 0.3) is 11.3 Å². The van der Waals surface area contributed by atoms with Crippen molar-refractivity contribution in [3.8, 4) is 17.1 Å². The van der Waals surface area contributed by atoms with Crippen LogP contribution in [0.1, 0.15) is 18.2 Å². The lowest BCUT2D eigenvalue weighted by atomic mass is 10.1. The van der Waals surface area contributed by atoms with E-state index >= 15 is 0 Å². The van der Waals surface area contributed by atoms with E-state index in [1.54, 1.807) is 12.1 Å². The summed E-state index contributed by atoms with van der Waals surface area (Å²) in [5.41, 5.74) is 2.56. The van der Waals surface area contributed by atoms with Crippen molar-refractivity contribution in [2.75, 3.05) is 5.32 Å². The molecule has 1 N–H and O–H groups in total. The summed E-state index contributed by atoms with van der Waals surface area (Å²) in [6.45, 7) is 3.50. The predicted octanol–water partition coefficient (Wildman–Crippen LogP) is 2.98. The van der Waals surface area contributed by atoms with Crippen LogP contribution in [0, 0.1) is 6.92 Å². The largest absolute Gasteiger partial charge is 0.472 e. The fourth-order valence-electron chi connectivity index (χ4n) is 2.17. The summed E-state index contributed by atoms with van der Waals surface area (Å²) in [5.74, 6) is 1.21. The zero-order chi connectivity index (χ0) is 16.9. The Kier molecular flexibility index (Phi) is 4.51. The lowest BCUT2D eigenvalue weighted by Crippen LogP contribution is -2.08. The molecule has 7 nitrogen and oxygen atoms in total. The number of benzene rings is 1. The topological polar surface area (TPSA) is 90.1 Å². The third-order valence-corrected chi connectivity index (χ3v) is 3.34. The number of rotatable bonds is 5. The van der Waals surface area contributed by atoms with Gasteiger partial charge in [-0.15, -0.1) is 10.2 Å². The number of nitrogens with zero attached hydrogens (tertiary/aromatic N) is 3. The van der Waals surface area contributed by atoms with E-state index in [4.69, 9.17) is 9.26 Å². The standard InChI is InChI=1S/C17H16N4O3/c1-11-14(17(21-24-11)13-6-4-3-5-7-13)10-23-16-9-8-15(19-20-16)18-12(2)22/h3-9H,10H2,1-2H3,(H,18,19,22). The van der Waals surface area contributed by atoms with Gasteiger partial charge in [0.05, 0.1) is 5.56 Å². The van der Waals surface area contributed by atoms with Crippen LogP contribution in [-0.4, -0.2) is 21.3 Å². The number of aryl methyl sites for hydroxylation is 1. The van der Waals surface area contributed by atoms with Gasteiger partial charge in [-0.25, -0.2) is 0 Å². The Bertz CT molecular complexity index is 829. The van der Waals surface area contributed by atoms with Gasteiger partial charge in [-0.05, 0) is 13.0 Å². The number of aromatic nitrogens is 3. The molecule has 0 saturated heterocycles. The number of hydrogen-bond acceptors (Lipinski definition) is 6. The van der Waals surface area contributed by atoms with Gasteiger partial charge in [-0.2, -0.15) is 0 Å². The van der Waals surface area contributed by atoms with Crippen molar-refractivity contribution < 1.29 is 14.1 Å². The second-order valence-electron chi connectivity index (χ2n) is 5.16. The molecule has 1 aromatic carbocycles. The minimum absolute atomic E-state index is 0.203. The molecule has 0 bridgehead atoms. The molecule has 24 heavy (non-hydrogen) atoms. The van der Waals surface area contributed by atoms with Crippen LogP contribution >= 0.6 is 0 Å². The first kappa shape index (κ1) is 15.7. The number of ether oxygens (including phenoxy) is 1. The Balaban J connectivity index is 1.73. The molecule has 3 aromatic rings. The predicted molar refractivity (Wildman–Crippen MR) is 87.3 cm³/mol. The normalized spacial score (nSPS) is 10.4. The Morgan fingerprint density at radius 1 is 1.17 bits per heavy atom. The first-order valence-corrected chi connectivity index (χ1v) is 7.38. The maximum Gasteiger partial charge on any atom is 0.233 e. The average molecular weight is 324 g/mol. The van der Waals surface area contributed by atoms with Crippen molar-refractivity contribution in [1.29, 1.82) is 0 Å². The molecule has 122 valence electrons. The van der Waals surface area contributed by atoms with Gasteiger partial charge in [0, 0.05) is 18.6 Å². The third kappa shape index (κ3) is 3.57. The highest BCUT2D eigenvalue weighted by atomic mass is 16.5. The molecule has 3 rings (SSSR count). The molecule has 7 heteroatoms. The van der Waals surface area contributed by atoms with Crippen molar-refractivity contribution in [3.05, 3.63) is 53.8 Å². The lowest BCUT2D eigenvalue weighted by Gasteiger charge is -2.06. The van der Waals surface area contributed by atoms with Gasteiger partial charge in [0.2, 0.25) is 11.8 Å². The monoisotopic (exact) mass is 324 g/mol. The number of carbonyl (C=O) groups excluding carboxylic acids is 1. The van der Waals surface area contributed by atoms with Crippen LogP contribution in [0.4, 0.5) is 5.82 Å². The molecule has 0 saturated carbocycles. The number of hydrogen-bond donors (Lipinski definition) is 1. The van der Waals surface area contributed by atoms with E-state index in [1.807, 2.05) is 37.3 Å². The summed E-state index contributed by atoms with van der Waals surface area (Å²) in [6.07, 6.45) is 0. The Labute approximate surface area is 138 Å². The second-order valence-corrected chi connectivity index (χ2v) is 5.16. The van der Waals surface area contributed by atoms with Crippen molar-refractivity contribution in [1.82, 2.24) is 15.4 Å². The van der Waals surface area contributed by atoms with Gasteiger partial charge in [-0.3, -0.25) is 4.79 Å². The van der Waals surface area contributed by atoms with E-state index in [9.17, 15) is 4.79 Å². The van der Waals surface area contributed by atoms with E-state index in [1.165, 1.54) is 6.92 Å². The zero-order valence-electron chi connectivity index (χ0n) is 13.3. The van der Waals surface area contributed by atoms with Gasteiger partial charge < -0.3 is 14.6 Å². The zero-order valence-corrected chi connectivity index (χ0v) is 13.3. The van der Waals surface area contributed by atoms with E-state index in [0.29, 0.717) is 17.5 Å². The lowest BCUT2D eigenvalue weighted by molar-refractivity contribution is -0.114. The Morgan fingerprint density at radius 2 is 1.96 bits per heavy atom. The van der Waals surface area contributed by atoms with Crippen LogP contribution in [0.3, 0.4) is 0 Å². The fourth-order valence-corrected chi connectivity index (χ4v) is 2.17. The molecule has 0 atom stereocenters. The minimum atomic E-state index is -0.203. The van der Waals surface area contributed by atoms with Crippen molar-refractivity contribution in [3.63, 3.8) is 0 Å². The minimum Gasteiger partial charge on any atom is -0.472 e. The Morgan fingerprint density at radius 3 is 2.62 bits per heavy atom. The molecule has 0 aliphatic rings. The van der Waals surface area contributed by atoms with Crippen LogP contribution in [-0.2, 0) is 11.4 Å². The van der Waals surface area contributed by atoms with Crippen LogP contribution in [0.2, 0.25) is 0 Å². The van der Waals surface area contributed by atoms with Gasteiger partial charge >= 0.3 is 0 Å². The highest BCUT2D eigenvalue weighted by Crippen LogP contribution is 2.26. The summed E-state index contributed by atoms with van der Waals surface area (Å²) in [5, 5.41) is 14.5. The van der Waals surface area contributed by atoms with Crippen molar-refractivity contribution in [2.24, 2.45) is 0 Å². The first-order chi connectivity index (χ1) is 11.6. The molecular formula is C17H16N4O3. The molecule has 0 unspecified atom stereocenters. The van der Waals surface area contributed by atoms with Gasteiger partial charge in [-0.1, -0.05) is 35.5 Å². The average Bonchev–Trinajstić information content (AvgIpc) is 2.95. The second kappa shape index (κ2) is 6.91. The molecule has 0 spiro atoms. The van der Waals surface area contributed by atoms with Crippen LogP contribution < -0.4 is 10.1 Å². The molecule has 2 heterocycles. The molecule has 0 radical (unpaired) electrons. The number of nitrogens with one attached hydrogen (secondary N) is 1. The molecule has 0 aliphatic heterocycles. The third-order valence-electron chi connectivity index (χ3n) is 3.34. The fraction of sp³-hybridized carbons (Fsp3) is 0.176. The quantitative estimate of drug-likeness (QED) is 0.776. The highest BCUT2D eigenvalue weighted by Gasteiger charge is 2.15. The van der Waals surface area contributed by atoms with Gasteiger partial charge in [0.15, 0.2) is 5.82 Å². The highest BCUT2D eigenvalue weighted by molar-refractivity contribution is 5.87. The number of amides is 1. The molecule has 0 fully saturated rings. The van der Waals surface area contributed by atoms with E-state index in [0.717, 1.165) is 16.8 Å². The smallest absolute Gasteiger partial charge is 0.233 e. The van der Waals surface area contributed by atoms with Crippen LogP contribution in [0.15, 0.2) is 47.0 Å². The number of carbonyl (C=O) groups is 1. The molecule has 2 aromatic heterocycles. The summed E-state index contributed by atoms with van der Waals surface area (Å²) in [4.78, 5) is 11.0. The maximum atomic E-state index is 11.0. The van der Waals surface area contributed by atoms with Crippen LogP contribution in [0.5, 0.6) is 5.88 Å². The molecular weight excluding hydrogens is 308 g/mol. The van der Waals surface area contributed by atoms with Crippen molar-refractivity contribution >= 4 is 11.7 Å². The van der Waals surface area contributed by atoms with Crippen molar-refractivity contribution in [2.45, 2.75) is 20.5 Å². The summed E-state index contributed by atoms with van der Waals surface area (Å²) in [7, 11) is 0. The summed E-state index contributed by atoms with van der Waals surface area (Å²) in [6, 6.07) is 13.0. The molecule has 0 aliphatic carbocycles. The van der Waals surface area contributed by atoms with Gasteiger partial charge in [0.1, 0.15) is 18.1 Å². The summed E-state index contributed by atoms with van der Waals surface area (Å²) >= 11 is 0.